The number of unbranched alkanes of at least 4 members (excludes halogenated alkanes) is 2. The zero-order valence-corrected chi connectivity index (χ0v) is 12.8. The summed E-state index contributed by atoms with van der Waals surface area (Å²) < 4.78 is 5.09. The number of nitrogens with two attached hydrogens (primary N) is 1. The molecule has 0 radical (unpaired) electrons. The van der Waals surface area contributed by atoms with E-state index < -0.39 is 6.09 Å². The molecule has 0 aliphatic carbocycles. The molecule has 1 aromatic carbocycles. The lowest BCUT2D eigenvalue weighted by atomic mass is 10.2. The van der Waals surface area contributed by atoms with Crippen LogP contribution in [-0.2, 0) is 16.1 Å². The van der Waals surface area contributed by atoms with Gasteiger partial charge >= 0.3 is 6.09 Å². The summed E-state index contributed by atoms with van der Waals surface area (Å²) in [5, 5.41) is 5.42. The molecule has 0 bridgehead atoms. The Morgan fingerprint density at radius 3 is 2.50 bits per heavy atom. The van der Waals surface area contributed by atoms with Crippen LogP contribution in [0.5, 0.6) is 0 Å². The summed E-state index contributed by atoms with van der Waals surface area (Å²) in [6.07, 6.45) is 2.60. The quantitative estimate of drug-likeness (QED) is 0.572. The maximum absolute atomic E-state index is 11.5. The van der Waals surface area contributed by atoms with Gasteiger partial charge in [-0.25, -0.2) is 4.79 Å². The van der Waals surface area contributed by atoms with Gasteiger partial charge in [0.2, 0.25) is 5.91 Å². The molecule has 22 heavy (non-hydrogen) atoms. The van der Waals surface area contributed by atoms with E-state index in [1.807, 2.05) is 30.3 Å². The number of hydrogen-bond acceptors (Lipinski definition) is 4. The molecule has 0 spiro atoms. The molecule has 0 aromatic heterocycles. The van der Waals surface area contributed by atoms with Crippen molar-refractivity contribution in [2.24, 2.45) is 5.73 Å². The fourth-order valence-corrected chi connectivity index (χ4v) is 1.85. The first-order valence-electron chi connectivity index (χ1n) is 7.63. The van der Waals surface area contributed by atoms with Gasteiger partial charge < -0.3 is 21.1 Å². The first kappa shape index (κ1) is 18.0. The van der Waals surface area contributed by atoms with Crippen LogP contribution in [-0.4, -0.2) is 31.6 Å². The summed E-state index contributed by atoms with van der Waals surface area (Å²) in [4.78, 5) is 22.8. The van der Waals surface area contributed by atoms with Gasteiger partial charge in [0, 0.05) is 26.1 Å². The highest BCUT2D eigenvalue weighted by Crippen LogP contribution is 2.01. The van der Waals surface area contributed by atoms with Crippen LogP contribution in [0.25, 0.3) is 0 Å². The van der Waals surface area contributed by atoms with Crippen LogP contribution in [0.4, 0.5) is 4.79 Å². The highest BCUT2D eigenvalue weighted by Gasteiger charge is 2.02. The van der Waals surface area contributed by atoms with E-state index in [1.54, 1.807) is 0 Å². The number of carbonyl (C=O) groups is 2. The molecule has 2 amide bonds. The average molecular weight is 307 g/mol. The minimum atomic E-state index is -0.412. The van der Waals surface area contributed by atoms with Gasteiger partial charge in [0.1, 0.15) is 6.61 Å². The Morgan fingerprint density at radius 1 is 1.00 bits per heavy atom. The SMILES string of the molecule is NCCNC(=O)CCCCCNC(=O)OCc1ccccc1. The van der Waals surface area contributed by atoms with E-state index in [1.165, 1.54) is 0 Å². The van der Waals surface area contributed by atoms with Gasteiger partial charge in [-0.1, -0.05) is 36.8 Å². The highest BCUT2D eigenvalue weighted by atomic mass is 16.5. The van der Waals surface area contributed by atoms with E-state index in [0.29, 0.717) is 26.1 Å². The normalized spacial score (nSPS) is 10.0. The van der Waals surface area contributed by atoms with Crippen molar-refractivity contribution in [2.45, 2.75) is 32.3 Å². The van der Waals surface area contributed by atoms with Crippen molar-refractivity contribution < 1.29 is 14.3 Å². The zero-order valence-electron chi connectivity index (χ0n) is 12.8. The minimum absolute atomic E-state index is 0.0284. The third-order valence-corrected chi connectivity index (χ3v) is 3.03. The Balaban J connectivity index is 1.96. The Labute approximate surface area is 131 Å². The predicted octanol–water partition coefficient (Wildman–Crippen LogP) is 1.55. The topological polar surface area (TPSA) is 93.5 Å². The van der Waals surface area contributed by atoms with Crippen LogP contribution in [0.15, 0.2) is 30.3 Å². The maximum Gasteiger partial charge on any atom is 0.407 e. The van der Waals surface area contributed by atoms with Gasteiger partial charge in [-0.05, 0) is 18.4 Å². The van der Waals surface area contributed by atoms with Crippen LogP contribution in [0.1, 0.15) is 31.2 Å². The second-order valence-corrected chi connectivity index (χ2v) is 4.94. The largest absolute Gasteiger partial charge is 0.445 e. The molecule has 0 unspecified atom stereocenters. The number of carbonyl (C=O) groups excluding carboxylic acids is 2. The smallest absolute Gasteiger partial charge is 0.407 e. The maximum atomic E-state index is 11.5. The summed E-state index contributed by atoms with van der Waals surface area (Å²) >= 11 is 0. The number of alkyl carbamates (subject to hydrolysis) is 1. The number of rotatable bonds is 10. The van der Waals surface area contributed by atoms with E-state index in [0.717, 1.165) is 24.8 Å². The second-order valence-electron chi connectivity index (χ2n) is 4.94. The molecule has 0 saturated carbocycles. The third-order valence-electron chi connectivity index (χ3n) is 3.03. The number of hydrogen-bond donors (Lipinski definition) is 3. The summed E-state index contributed by atoms with van der Waals surface area (Å²) in [7, 11) is 0. The number of nitrogens with one attached hydrogen (secondary N) is 2. The van der Waals surface area contributed by atoms with E-state index in [9.17, 15) is 9.59 Å². The van der Waals surface area contributed by atoms with Gasteiger partial charge in [0.15, 0.2) is 0 Å². The lowest BCUT2D eigenvalue weighted by molar-refractivity contribution is -0.121. The molecule has 1 aromatic rings. The molecular weight excluding hydrogens is 282 g/mol. The van der Waals surface area contributed by atoms with E-state index in [-0.39, 0.29) is 12.5 Å². The Kier molecular flexibility index (Phi) is 9.45. The van der Waals surface area contributed by atoms with Crippen LogP contribution in [0.3, 0.4) is 0 Å². The van der Waals surface area contributed by atoms with Gasteiger partial charge in [0.05, 0.1) is 0 Å². The fraction of sp³-hybridized carbons (Fsp3) is 0.500. The number of amides is 2. The lowest BCUT2D eigenvalue weighted by Gasteiger charge is -2.07. The molecule has 1 rings (SSSR count). The monoisotopic (exact) mass is 307 g/mol. The van der Waals surface area contributed by atoms with Crippen molar-refractivity contribution in [3.63, 3.8) is 0 Å². The first-order valence-corrected chi connectivity index (χ1v) is 7.63. The van der Waals surface area contributed by atoms with E-state index in [2.05, 4.69) is 10.6 Å². The molecule has 0 fully saturated rings. The molecule has 0 aliphatic rings. The van der Waals surface area contributed by atoms with Crippen molar-refractivity contribution in [1.82, 2.24) is 10.6 Å². The number of benzene rings is 1. The first-order chi connectivity index (χ1) is 10.7. The lowest BCUT2D eigenvalue weighted by Crippen LogP contribution is -2.28. The molecule has 4 N–H and O–H groups in total. The van der Waals surface area contributed by atoms with Gasteiger partial charge in [-0.3, -0.25) is 4.79 Å². The van der Waals surface area contributed by atoms with Crippen molar-refractivity contribution in [3.8, 4) is 0 Å². The van der Waals surface area contributed by atoms with Crippen LogP contribution >= 0.6 is 0 Å². The average Bonchev–Trinajstić information content (AvgIpc) is 2.55. The summed E-state index contributed by atoms with van der Waals surface area (Å²) in [5.74, 6) is 0.0284. The van der Waals surface area contributed by atoms with E-state index >= 15 is 0 Å². The molecule has 0 saturated heterocycles. The van der Waals surface area contributed by atoms with Crippen molar-refractivity contribution in [3.05, 3.63) is 35.9 Å². The van der Waals surface area contributed by atoms with Crippen LogP contribution in [0, 0.1) is 0 Å². The standard InChI is InChI=1S/C16H25N3O3/c17-10-12-18-15(20)9-5-2-6-11-19-16(21)22-13-14-7-3-1-4-8-14/h1,3-4,7-8H,2,5-6,9-13,17H2,(H,18,20)(H,19,21). The summed E-state index contributed by atoms with van der Waals surface area (Å²) in [5.41, 5.74) is 6.25. The van der Waals surface area contributed by atoms with Crippen molar-refractivity contribution >= 4 is 12.0 Å². The molecule has 6 nitrogen and oxygen atoms in total. The van der Waals surface area contributed by atoms with Crippen molar-refractivity contribution in [2.75, 3.05) is 19.6 Å². The molecule has 0 heterocycles. The number of ether oxygens (including phenoxy) is 1. The Morgan fingerprint density at radius 2 is 1.77 bits per heavy atom. The zero-order chi connectivity index (χ0) is 16.0. The summed E-state index contributed by atoms with van der Waals surface area (Å²) in [6, 6.07) is 9.53. The molecular formula is C16H25N3O3. The fourth-order valence-electron chi connectivity index (χ4n) is 1.85. The van der Waals surface area contributed by atoms with E-state index in [4.69, 9.17) is 10.5 Å². The minimum Gasteiger partial charge on any atom is -0.445 e. The second kappa shape index (κ2) is 11.6. The predicted molar refractivity (Wildman–Crippen MR) is 85.2 cm³/mol. The highest BCUT2D eigenvalue weighted by molar-refractivity contribution is 5.75. The van der Waals surface area contributed by atoms with Gasteiger partial charge in [0.25, 0.3) is 0 Å². The molecule has 6 heteroatoms. The van der Waals surface area contributed by atoms with Gasteiger partial charge in [-0.15, -0.1) is 0 Å². The molecule has 0 atom stereocenters. The van der Waals surface area contributed by atoms with Crippen molar-refractivity contribution in [1.29, 1.82) is 0 Å². The Hall–Kier alpha value is -2.08. The molecule has 122 valence electrons. The van der Waals surface area contributed by atoms with Gasteiger partial charge in [-0.2, -0.15) is 0 Å². The summed E-state index contributed by atoms with van der Waals surface area (Å²) in [6.45, 7) is 1.81. The van der Waals surface area contributed by atoms with Crippen LogP contribution < -0.4 is 16.4 Å². The Bertz CT molecular complexity index is 438. The van der Waals surface area contributed by atoms with Crippen LogP contribution in [0.2, 0.25) is 0 Å². The molecule has 0 aliphatic heterocycles. The third kappa shape index (κ3) is 8.97.